The van der Waals surface area contributed by atoms with Crippen LogP contribution >= 0.6 is 22.9 Å². The lowest BCUT2D eigenvalue weighted by atomic mass is 10.0. The van der Waals surface area contributed by atoms with E-state index in [1.54, 1.807) is 35.7 Å². The number of aromatic carboxylic acids is 1. The Labute approximate surface area is 162 Å². The Morgan fingerprint density at radius 3 is 2.56 bits per heavy atom. The van der Waals surface area contributed by atoms with Crippen molar-refractivity contribution in [1.82, 2.24) is 9.97 Å². The molecular weight excluding hydrogens is 386 g/mol. The summed E-state index contributed by atoms with van der Waals surface area (Å²) in [5.74, 6) is -1.51. The van der Waals surface area contributed by atoms with E-state index in [1.165, 1.54) is 0 Å². The molecule has 2 heterocycles. The van der Waals surface area contributed by atoms with E-state index >= 15 is 0 Å². The normalized spacial score (nSPS) is 10.9. The van der Waals surface area contributed by atoms with Crippen molar-refractivity contribution in [2.75, 3.05) is 5.32 Å². The van der Waals surface area contributed by atoms with Crippen LogP contribution in [0, 0.1) is 0 Å². The summed E-state index contributed by atoms with van der Waals surface area (Å²) in [5.41, 5.74) is 2.65. The zero-order valence-electron chi connectivity index (χ0n) is 13.7. The fraction of sp³-hybridized carbons (Fsp3) is 0. The number of carbonyl (C=O) groups is 2. The summed E-state index contributed by atoms with van der Waals surface area (Å²) in [6.45, 7) is 0. The number of carbonyl (C=O) groups excluding carboxylic acids is 1. The van der Waals surface area contributed by atoms with Crippen molar-refractivity contribution in [2.24, 2.45) is 0 Å². The number of amides is 1. The third kappa shape index (κ3) is 3.30. The zero-order valence-corrected chi connectivity index (χ0v) is 15.3. The number of hydrogen-bond acceptors (Lipinski definition) is 4. The highest BCUT2D eigenvalue weighted by molar-refractivity contribution is 7.15. The second-order valence-electron chi connectivity index (χ2n) is 5.72. The molecule has 0 aliphatic carbocycles. The van der Waals surface area contributed by atoms with Gasteiger partial charge in [0.1, 0.15) is 10.6 Å². The van der Waals surface area contributed by atoms with Crippen LogP contribution in [0.1, 0.15) is 21.0 Å². The molecule has 2 aromatic carbocycles. The number of para-hydroxylation sites is 2. The fourth-order valence-corrected chi connectivity index (χ4v) is 3.81. The van der Waals surface area contributed by atoms with Gasteiger partial charge in [-0.1, -0.05) is 35.9 Å². The van der Waals surface area contributed by atoms with Gasteiger partial charge in [-0.25, -0.2) is 9.78 Å². The van der Waals surface area contributed by atoms with E-state index in [0.29, 0.717) is 21.7 Å². The summed E-state index contributed by atoms with van der Waals surface area (Å²) < 4.78 is 0. The van der Waals surface area contributed by atoms with Gasteiger partial charge in [0.25, 0.3) is 5.91 Å². The number of imidazole rings is 1. The van der Waals surface area contributed by atoms with Gasteiger partial charge in [-0.05, 0) is 29.8 Å². The molecular formula is C19H12ClN3O3S. The maximum Gasteiger partial charge on any atom is 0.339 e. The first-order valence-corrected chi connectivity index (χ1v) is 9.15. The van der Waals surface area contributed by atoms with E-state index in [2.05, 4.69) is 15.3 Å². The number of fused-ring (bicyclic) bond motifs is 1. The number of aromatic nitrogens is 2. The van der Waals surface area contributed by atoms with Crippen molar-refractivity contribution in [3.05, 3.63) is 70.3 Å². The van der Waals surface area contributed by atoms with Crippen molar-refractivity contribution in [3.8, 4) is 11.1 Å². The average molecular weight is 398 g/mol. The molecule has 3 N–H and O–H groups in total. The molecule has 8 heteroatoms. The van der Waals surface area contributed by atoms with Crippen LogP contribution in [0.25, 0.3) is 22.2 Å². The molecule has 0 aliphatic rings. The Hall–Kier alpha value is -3.16. The van der Waals surface area contributed by atoms with Gasteiger partial charge >= 0.3 is 5.97 Å². The largest absolute Gasteiger partial charge is 0.478 e. The SMILES string of the molecule is O=C(Nc1scc(-c2ccc(Cl)cc2)c1C(=O)O)c1nc2ccccc2[nH]1. The van der Waals surface area contributed by atoms with Crippen molar-refractivity contribution in [1.29, 1.82) is 0 Å². The number of nitrogens with one attached hydrogen (secondary N) is 2. The third-order valence-corrected chi connectivity index (χ3v) is 5.14. The van der Waals surface area contributed by atoms with Crippen LogP contribution in [0.15, 0.2) is 53.9 Å². The topological polar surface area (TPSA) is 95.1 Å². The van der Waals surface area contributed by atoms with Gasteiger partial charge in [-0.15, -0.1) is 11.3 Å². The van der Waals surface area contributed by atoms with Crippen LogP contribution in [0.4, 0.5) is 5.00 Å². The number of anilines is 1. The maximum absolute atomic E-state index is 12.5. The molecule has 6 nitrogen and oxygen atoms in total. The second-order valence-corrected chi connectivity index (χ2v) is 7.04. The number of carboxylic acids is 1. The molecule has 0 aliphatic heterocycles. The van der Waals surface area contributed by atoms with Crippen molar-refractivity contribution >= 4 is 50.8 Å². The molecule has 4 rings (SSSR count). The van der Waals surface area contributed by atoms with E-state index in [4.69, 9.17) is 11.6 Å². The number of carboxylic acid groups (broad SMARTS) is 1. The van der Waals surface area contributed by atoms with E-state index in [-0.39, 0.29) is 16.4 Å². The van der Waals surface area contributed by atoms with Crippen LogP contribution in [0.3, 0.4) is 0 Å². The minimum atomic E-state index is -1.12. The fourth-order valence-electron chi connectivity index (χ4n) is 2.73. The number of hydrogen-bond donors (Lipinski definition) is 3. The van der Waals surface area contributed by atoms with Crippen molar-refractivity contribution in [2.45, 2.75) is 0 Å². The number of aromatic amines is 1. The van der Waals surface area contributed by atoms with Crippen molar-refractivity contribution < 1.29 is 14.7 Å². The minimum absolute atomic E-state index is 0.0341. The standard InChI is InChI=1S/C19H12ClN3O3S/c20-11-7-5-10(6-8-11)12-9-27-18(15(12)19(25)26)23-17(24)16-21-13-3-1-2-4-14(13)22-16/h1-9H,(H,21,22)(H,23,24)(H,25,26). The van der Waals surface area contributed by atoms with Crippen LogP contribution in [0.5, 0.6) is 0 Å². The summed E-state index contributed by atoms with van der Waals surface area (Å²) in [6, 6.07) is 14.1. The second kappa shape index (κ2) is 6.86. The Balaban J connectivity index is 1.68. The molecule has 4 aromatic rings. The molecule has 0 bridgehead atoms. The smallest absolute Gasteiger partial charge is 0.339 e. The molecule has 0 saturated heterocycles. The number of halogens is 1. The Kier molecular flexibility index (Phi) is 4.39. The van der Waals surface area contributed by atoms with Crippen molar-refractivity contribution in [3.63, 3.8) is 0 Å². The monoisotopic (exact) mass is 397 g/mol. The van der Waals surface area contributed by atoms with Gasteiger partial charge in [0.05, 0.1) is 11.0 Å². The van der Waals surface area contributed by atoms with Gasteiger partial charge in [0.15, 0.2) is 5.82 Å². The van der Waals surface area contributed by atoms with E-state index in [1.807, 2.05) is 18.2 Å². The summed E-state index contributed by atoms with van der Waals surface area (Å²) in [5, 5.41) is 14.8. The van der Waals surface area contributed by atoms with Gasteiger partial charge in [0.2, 0.25) is 0 Å². The van der Waals surface area contributed by atoms with Gasteiger partial charge < -0.3 is 15.4 Å². The number of H-pyrrole nitrogens is 1. The number of nitrogens with zero attached hydrogens (tertiary/aromatic N) is 1. The first-order chi connectivity index (χ1) is 13.0. The van der Waals surface area contributed by atoms with E-state index < -0.39 is 11.9 Å². The molecule has 1 amide bonds. The number of thiophene rings is 1. The minimum Gasteiger partial charge on any atom is -0.478 e. The Bertz CT molecular complexity index is 1130. The lowest BCUT2D eigenvalue weighted by molar-refractivity contribution is 0.0699. The first kappa shape index (κ1) is 17.3. The van der Waals surface area contributed by atoms with Gasteiger partial charge in [0, 0.05) is 16.0 Å². The van der Waals surface area contributed by atoms with Crippen LogP contribution in [-0.2, 0) is 0 Å². The Morgan fingerprint density at radius 2 is 1.85 bits per heavy atom. The first-order valence-electron chi connectivity index (χ1n) is 7.90. The molecule has 27 heavy (non-hydrogen) atoms. The summed E-state index contributed by atoms with van der Waals surface area (Å²) in [6.07, 6.45) is 0. The number of benzene rings is 2. The highest BCUT2D eigenvalue weighted by Gasteiger charge is 2.22. The molecule has 134 valence electrons. The molecule has 0 radical (unpaired) electrons. The van der Waals surface area contributed by atoms with Crippen LogP contribution < -0.4 is 5.32 Å². The summed E-state index contributed by atoms with van der Waals surface area (Å²) in [4.78, 5) is 31.5. The van der Waals surface area contributed by atoms with Gasteiger partial charge in [-0.2, -0.15) is 0 Å². The molecule has 0 unspecified atom stereocenters. The molecule has 0 atom stereocenters. The molecule has 0 fully saturated rings. The lowest BCUT2D eigenvalue weighted by Gasteiger charge is -2.05. The molecule has 2 aromatic heterocycles. The highest BCUT2D eigenvalue weighted by atomic mass is 35.5. The molecule has 0 saturated carbocycles. The predicted octanol–water partition coefficient (Wildman–Crippen LogP) is 4.90. The molecule has 0 spiro atoms. The zero-order chi connectivity index (χ0) is 19.0. The van der Waals surface area contributed by atoms with E-state index in [0.717, 1.165) is 16.9 Å². The quantitative estimate of drug-likeness (QED) is 0.456. The maximum atomic E-state index is 12.5. The van der Waals surface area contributed by atoms with Crippen LogP contribution in [0.2, 0.25) is 5.02 Å². The Morgan fingerprint density at radius 1 is 1.11 bits per heavy atom. The average Bonchev–Trinajstić information content (AvgIpc) is 3.26. The van der Waals surface area contributed by atoms with Gasteiger partial charge in [-0.3, -0.25) is 4.79 Å². The van der Waals surface area contributed by atoms with E-state index in [9.17, 15) is 14.7 Å². The summed E-state index contributed by atoms with van der Waals surface area (Å²) >= 11 is 7.04. The third-order valence-electron chi connectivity index (χ3n) is 3.99. The summed E-state index contributed by atoms with van der Waals surface area (Å²) in [7, 11) is 0. The van der Waals surface area contributed by atoms with Crippen LogP contribution in [-0.4, -0.2) is 27.0 Å². The lowest BCUT2D eigenvalue weighted by Crippen LogP contribution is -2.15. The predicted molar refractivity (Wildman–Crippen MR) is 106 cm³/mol. The number of rotatable bonds is 4. The highest BCUT2D eigenvalue weighted by Crippen LogP contribution is 2.36.